The van der Waals surface area contributed by atoms with Gasteiger partial charge in [0, 0.05) is 32.4 Å². The molecule has 1 aliphatic carbocycles. The molecule has 0 bridgehead atoms. The molecule has 5 heteroatoms. The summed E-state index contributed by atoms with van der Waals surface area (Å²) >= 11 is 0. The topological polar surface area (TPSA) is 58.5 Å². The average Bonchev–Trinajstić information content (AvgIpc) is 3.49. The largest absolute Gasteiger partial charge is 0.477 e. The summed E-state index contributed by atoms with van der Waals surface area (Å²) in [7, 11) is 1.78. The second-order valence-corrected chi connectivity index (χ2v) is 6.35. The lowest BCUT2D eigenvalue weighted by atomic mass is 10.1. The van der Waals surface area contributed by atoms with Crippen LogP contribution in [0.15, 0.2) is 53.7 Å². The van der Waals surface area contributed by atoms with Gasteiger partial charge in [-0.2, -0.15) is 0 Å². The number of ether oxygens (including phenoxy) is 1. The van der Waals surface area contributed by atoms with E-state index in [0.717, 1.165) is 37.0 Å². The molecule has 1 heterocycles. The first-order valence-electron chi connectivity index (χ1n) is 8.89. The third kappa shape index (κ3) is 6.10. The van der Waals surface area contributed by atoms with Crippen LogP contribution in [0, 0.1) is 5.92 Å². The monoisotopic (exact) mass is 338 g/mol. The Bertz CT molecular complexity index is 666. The molecular formula is C20H26N4O. The van der Waals surface area contributed by atoms with E-state index in [2.05, 4.69) is 44.9 Å². The van der Waals surface area contributed by atoms with E-state index in [1.165, 1.54) is 18.4 Å². The van der Waals surface area contributed by atoms with Crippen LogP contribution in [-0.2, 0) is 13.0 Å². The van der Waals surface area contributed by atoms with Crippen molar-refractivity contribution in [2.24, 2.45) is 10.9 Å². The number of pyridine rings is 1. The van der Waals surface area contributed by atoms with E-state index >= 15 is 0 Å². The van der Waals surface area contributed by atoms with Crippen molar-refractivity contribution in [1.29, 1.82) is 0 Å². The van der Waals surface area contributed by atoms with Crippen LogP contribution in [0.2, 0.25) is 0 Å². The van der Waals surface area contributed by atoms with Crippen molar-refractivity contribution >= 4 is 5.96 Å². The van der Waals surface area contributed by atoms with Crippen LogP contribution in [0.3, 0.4) is 0 Å². The van der Waals surface area contributed by atoms with E-state index in [-0.39, 0.29) is 0 Å². The average molecular weight is 338 g/mol. The minimum absolute atomic E-state index is 0.681. The van der Waals surface area contributed by atoms with Crippen LogP contribution >= 0.6 is 0 Å². The Labute approximate surface area is 149 Å². The van der Waals surface area contributed by atoms with Gasteiger partial charge in [-0.25, -0.2) is 4.98 Å². The van der Waals surface area contributed by atoms with Gasteiger partial charge in [-0.15, -0.1) is 0 Å². The van der Waals surface area contributed by atoms with Gasteiger partial charge in [0.05, 0.1) is 6.61 Å². The van der Waals surface area contributed by atoms with Crippen molar-refractivity contribution in [3.8, 4) is 5.88 Å². The molecule has 1 aromatic carbocycles. The molecule has 132 valence electrons. The molecule has 3 rings (SSSR count). The molecule has 0 unspecified atom stereocenters. The standard InChI is InChI=1S/C20H26N4O/c1-21-20(22-12-11-16-5-3-2-4-6-16)24-14-18-9-10-19(23-13-18)25-15-17-7-8-17/h2-6,9-10,13,17H,7-8,11-12,14-15H2,1H3,(H2,21,22,24). The Morgan fingerprint density at radius 1 is 1.12 bits per heavy atom. The summed E-state index contributed by atoms with van der Waals surface area (Å²) in [5.74, 6) is 2.25. The second kappa shape index (κ2) is 9.06. The zero-order valence-electron chi connectivity index (χ0n) is 14.7. The number of hydrogen-bond donors (Lipinski definition) is 2. The number of rotatable bonds is 8. The minimum Gasteiger partial charge on any atom is -0.477 e. The fraction of sp³-hybridized carbons (Fsp3) is 0.400. The first kappa shape index (κ1) is 17.3. The molecule has 0 atom stereocenters. The van der Waals surface area contributed by atoms with Gasteiger partial charge in [0.1, 0.15) is 0 Å². The molecule has 0 radical (unpaired) electrons. The van der Waals surface area contributed by atoms with E-state index in [9.17, 15) is 0 Å². The Hall–Kier alpha value is -2.56. The number of aromatic nitrogens is 1. The van der Waals surface area contributed by atoms with Crippen LogP contribution in [-0.4, -0.2) is 31.1 Å². The van der Waals surface area contributed by atoms with Crippen LogP contribution in [0.4, 0.5) is 0 Å². The molecule has 0 amide bonds. The molecule has 0 spiro atoms. The molecule has 1 aromatic heterocycles. The van der Waals surface area contributed by atoms with E-state index < -0.39 is 0 Å². The minimum atomic E-state index is 0.681. The normalized spacial score (nSPS) is 14.2. The van der Waals surface area contributed by atoms with Crippen LogP contribution in [0.25, 0.3) is 0 Å². The molecule has 1 saturated carbocycles. The molecular weight excluding hydrogens is 312 g/mol. The van der Waals surface area contributed by atoms with Crippen LogP contribution < -0.4 is 15.4 Å². The Kier molecular flexibility index (Phi) is 6.26. The van der Waals surface area contributed by atoms with Crippen LogP contribution in [0.1, 0.15) is 24.0 Å². The van der Waals surface area contributed by atoms with Gasteiger partial charge in [-0.05, 0) is 36.3 Å². The molecule has 5 nitrogen and oxygen atoms in total. The summed E-state index contributed by atoms with van der Waals surface area (Å²) < 4.78 is 5.66. The number of benzene rings is 1. The highest BCUT2D eigenvalue weighted by Gasteiger charge is 2.21. The maximum atomic E-state index is 5.66. The van der Waals surface area contributed by atoms with Crippen molar-refractivity contribution in [2.75, 3.05) is 20.2 Å². The third-order valence-electron chi connectivity index (χ3n) is 4.19. The van der Waals surface area contributed by atoms with Crippen molar-refractivity contribution < 1.29 is 4.74 Å². The van der Waals surface area contributed by atoms with E-state index in [1.807, 2.05) is 24.4 Å². The van der Waals surface area contributed by atoms with Crippen LogP contribution in [0.5, 0.6) is 5.88 Å². The molecule has 2 aromatic rings. The van der Waals surface area contributed by atoms with E-state index in [1.54, 1.807) is 7.05 Å². The van der Waals surface area contributed by atoms with Gasteiger partial charge in [0.15, 0.2) is 5.96 Å². The number of nitrogens with one attached hydrogen (secondary N) is 2. The Balaban J connectivity index is 1.38. The zero-order chi connectivity index (χ0) is 17.3. The molecule has 1 fully saturated rings. The van der Waals surface area contributed by atoms with E-state index in [0.29, 0.717) is 12.4 Å². The number of guanidine groups is 1. The van der Waals surface area contributed by atoms with Crippen molar-refractivity contribution in [3.05, 3.63) is 59.8 Å². The summed E-state index contributed by atoms with van der Waals surface area (Å²) in [4.78, 5) is 8.62. The van der Waals surface area contributed by atoms with Crippen molar-refractivity contribution in [2.45, 2.75) is 25.8 Å². The second-order valence-electron chi connectivity index (χ2n) is 6.35. The van der Waals surface area contributed by atoms with Crippen molar-refractivity contribution in [1.82, 2.24) is 15.6 Å². The van der Waals surface area contributed by atoms with Gasteiger partial charge in [0.2, 0.25) is 5.88 Å². The summed E-state index contributed by atoms with van der Waals surface area (Å²) in [6, 6.07) is 14.4. The Morgan fingerprint density at radius 2 is 1.96 bits per heavy atom. The van der Waals surface area contributed by atoms with Gasteiger partial charge < -0.3 is 15.4 Å². The van der Waals surface area contributed by atoms with Gasteiger partial charge in [-0.1, -0.05) is 36.4 Å². The third-order valence-corrected chi connectivity index (χ3v) is 4.19. The maximum absolute atomic E-state index is 5.66. The molecule has 0 saturated heterocycles. The zero-order valence-corrected chi connectivity index (χ0v) is 14.7. The summed E-state index contributed by atoms with van der Waals surface area (Å²) in [5.41, 5.74) is 2.42. The lowest BCUT2D eigenvalue weighted by molar-refractivity contribution is 0.288. The summed E-state index contributed by atoms with van der Waals surface area (Å²) in [6.07, 6.45) is 5.40. The molecule has 1 aliphatic rings. The fourth-order valence-electron chi connectivity index (χ4n) is 2.46. The van der Waals surface area contributed by atoms with E-state index in [4.69, 9.17) is 4.74 Å². The highest BCUT2D eigenvalue weighted by molar-refractivity contribution is 5.79. The fourth-order valence-corrected chi connectivity index (χ4v) is 2.46. The molecule has 2 N–H and O–H groups in total. The smallest absolute Gasteiger partial charge is 0.213 e. The first-order valence-corrected chi connectivity index (χ1v) is 8.89. The highest BCUT2D eigenvalue weighted by atomic mass is 16.5. The van der Waals surface area contributed by atoms with Gasteiger partial charge >= 0.3 is 0 Å². The molecule has 0 aliphatic heterocycles. The Morgan fingerprint density at radius 3 is 2.64 bits per heavy atom. The lowest BCUT2D eigenvalue weighted by Gasteiger charge is -2.12. The molecule has 25 heavy (non-hydrogen) atoms. The summed E-state index contributed by atoms with van der Waals surface area (Å²) in [5, 5.41) is 6.64. The highest BCUT2D eigenvalue weighted by Crippen LogP contribution is 2.29. The van der Waals surface area contributed by atoms with Gasteiger partial charge in [-0.3, -0.25) is 4.99 Å². The van der Waals surface area contributed by atoms with Crippen molar-refractivity contribution in [3.63, 3.8) is 0 Å². The number of nitrogens with zero attached hydrogens (tertiary/aromatic N) is 2. The quantitative estimate of drug-likeness (QED) is 0.574. The number of hydrogen-bond acceptors (Lipinski definition) is 3. The lowest BCUT2D eigenvalue weighted by Crippen LogP contribution is -2.37. The maximum Gasteiger partial charge on any atom is 0.213 e. The predicted octanol–water partition coefficient (Wildman–Crippen LogP) is 2.78. The summed E-state index contributed by atoms with van der Waals surface area (Å²) in [6.45, 7) is 2.32. The first-order chi connectivity index (χ1) is 12.3. The number of aliphatic imine (C=N–C) groups is 1. The van der Waals surface area contributed by atoms with Gasteiger partial charge in [0.25, 0.3) is 0 Å². The predicted molar refractivity (Wildman–Crippen MR) is 101 cm³/mol. The SMILES string of the molecule is CN=C(NCCc1ccccc1)NCc1ccc(OCC2CC2)nc1.